The first-order valence-corrected chi connectivity index (χ1v) is 5.97. The van der Waals surface area contributed by atoms with Crippen LogP contribution in [0.2, 0.25) is 0 Å². The minimum atomic E-state index is -0.168. The van der Waals surface area contributed by atoms with E-state index in [2.05, 4.69) is 27.3 Å². The molecule has 0 bridgehead atoms. The molecule has 0 spiro atoms. The van der Waals surface area contributed by atoms with Crippen molar-refractivity contribution in [2.24, 2.45) is 5.92 Å². The highest BCUT2D eigenvalue weighted by Gasteiger charge is 2.22. The molecule has 1 unspecified atom stereocenters. The van der Waals surface area contributed by atoms with Crippen LogP contribution in [-0.2, 0) is 0 Å². The third-order valence-electron chi connectivity index (χ3n) is 2.64. The van der Waals surface area contributed by atoms with Crippen molar-refractivity contribution in [3.63, 3.8) is 0 Å². The van der Waals surface area contributed by atoms with Crippen LogP contribution in [0.25, 0.3) is 0 Å². The number of hydrogen-bond donors (Lipinski definition) is 1. The fourth-order valence-electron chi connectivity index (χ4n) is 1.50. The number of rotatable bonds is 4. The summed E-state index contributed by atoms with van der Waals surface area (Å²) in [6.45, 7) is 0.967. The van der Waals surface area contributed by atoms with Crippen LogP contribution in [0.5, 0.6) is 0 Å². The zero-order chi connectivity index (χ0) is 10.7. The van der Waals surface area contributed by atoms with Gasteiger partial charge < -0.3 is 0 Å². The van der Waals surface area contributed by atoms with E-state index in [1.807, 2.05) is 24.3 Å². The molecule has 1 saturated carbocycles. The third-order valence-corrected chi connectivity index (χ3v) is 3.17. The summed E-state index contributed by atoms with van der Waals surface area (Å²) in [5, 5.41) is 12.3. The highest BCUT2D eigenvalue weighted by atomic mass is 79.9. The minimum Gasteiger partial charge on any atom is -0.298 e. The summed E-state index contributed by atoms with van der Waals surface area (Å²) >= 11 is 3.39. The van der Waals surface area contributed by atoms with Gasteiger partial charge >= 0.3 is 0 Å². The maximum absolute atomic E-state index is 9.06. The second kappa shape index (κ2) is 4.78. The van der Waals surface area contributed by atoms with Crippen LogP contribution in [-0.4, -0.2) is 6.54 Å². The first-order chi connectivity index (χ1) is 7.29. The molecule has 1 aromatic carbocycles. The van der Waals surface area contributed by atoms with E-state index in [9.17, 15) is 0 Å². The van der Waals surface area contributed by atoms with Crippen LogP contribution in [0.15, 0.2) is 28.7 Å². The van der Waals surface area contributed by atoms with Crippen LogP contribution in [0.3, 0.4) is 0 Å². The Morgan fingerprint density at radius 3 is 2.60 bits per heavy atom. The van der Waals surface area contributed by atoms with E-state index in [1.165, 1.54) is 12.8 Å². The molecular formula is C12H13BrN2. The Bertz CT molecular complexity index is 362. The maximum atomic E-state index is 9.06. The molecule has 0 saturated heterocycles. The molecule has 1 N–H and O–H groups in total. The number of benzene rings is 1. The van der Waals surface area contributed by atoms with E-state index in [-0.39, 0.29) is 6.04 Å². The number of nitrogens with zero attached hydrogens (tertiary/aromatic N) is 1. The summed E-state index contributed by atoms with van der Waals surface area (Å²) in [7, 11) is 0. The number of nitriles is 1. The Morgan fingerprint density at radius 2 is 2.07 bits per heavy atom. The number of hydrogen-bond acceptors (Lipinski definition) is 2. The van der Waals surface area contributed by atoms with Crippen LogP contribution in [0.4, 0.5) is 0 Å². The van der Waals surface area contributed by atoms with Crippen LogP contribution in [0.1, 0.15) is 24.4 Å². The molecule has 3 heteroatoms. The second-order valence-electron chi connectivity index (χ2n) is 3.97. The SMILES string of the molecule is N#CC(NCC1CC1)c1ccc(Br)cc1. The predicted octanol–water partition coefficient (Wildman–Crippen LogP) is 3.01. The lowest BCUT2D eigenvalue weighted by molar-refractivity contribution is 0.593. The van der Waals surface area contributed by atoms with Gasteiger partial charge in [-0.2, -0.15) is 5.26 Å². The van der Waals surface area contributed by atoms with Crippen molar-refractivity contribution in [3.05, 3.63) is 34.3 Å². The Kier molecular flexibility index (Phi) is 3.40. The molecular weight excluding hydrogens is 252 g/mol. The van der Waals surface area contributed by atoms with Gasteiger partial charge in [-0.15, -0.1) is 0 Å². The molecule has 0 amide bonds. The molecule has 1 aliphatic rings. The van der Waals surface area contributed by atoms with Crippen molar-refractivity contribution < 1.29 is 0 Å². The zero-order valence-corrected chi connectivity index (χ0v) is 10.00. The van der Waals surface area contributed by atoms with Gasteiger partial charge in [-0.25, -0.2) is 0 Å². The van der Waals surface area contributed by atoms with Gasteiger partial charge in [0, 0.05) is 4.47 Å². The van der Waals surface area contributed by atoms with Gasteiger partial charge in [-0.3, -0.25) is 5.32 Å². The molecule has 2 nitrogen and oxygen atoms in total. The second-order valence-corrected chi connectivity index (χ2v) is 4.88. The lowest BCUT2D eigenvalue weighted by Crippen LogP contribution is -2.22. The van der Waals surface area contributed by atoms with Crippen LogP contribution in [0, 0.1) is 17.2 Å². The lowest BCUT2D eigenvalue weighted by Gasteiger charge is -2.11. The van der Waals surface area contributed by atoms with Crippen LogP contribution < -0.4 is 5.32 Å². The Hall–Kier alpha value is -0.850. The quantitative estimate of drug-likeness (QED) is 0.908. The molecule has 15 heavy (non-hydrogen) atoms. The fourth-order valence-corrected chi connectivity index (χ4v) is 1.76. The van der Waals surface area contributed by atoms with Crippen molar-refractivity contribution >= 4 is 15.9 Å². The monoisotopic (exact) mass is 264 g/mol. The van der Waals surface area contributed by atoms with Crippen molar-refractivity contribution in [1.82, 2.24) is 5.32 Å². The van der Waals surface area contributed by atoms with Gasteiger partial charge in [0.1, 0.15) is 6.04 Å². The number of nitrogens with one attached hydrogen (secondary N) is 1. The molecule has 78 valence electrons. The largest absolute Gasteiger partial charge is 0.298 e. The molecule has 0 heterocycles. The van der Waals surface area contributed by atoms with Crippen molar-refractivity contribution in [1.29, 1.82) is 5.26 Å². The standard InChI is InChI=1S/C12H13BrN2/c13-11-5-3-10(4-6-11)12(7-14)15-8-9-1-2-9/h3-6,9,12,15H,1-2,8H2. The Labute approximate surface area is 98.4 Å². The van der Waals surface area contributed by atoms with Gasteiger partial charge in [0.05, 0.1) is 6.07 Å². The predicted molar refractivity (Wildman–Crippen MR) is 63.2 cm³/mol. The molecule has 1 aromatic rings. The van der Waals surface area contributed by atoms with Crippen molar-refractivity contribution in [2.45, 2.75) is 18.9 Å². The lowest BCUT2D eigenvalue weighted by atomic mass is 10.1. The van der Waals surface area contributed by atoms with Gasteiger partial charge in [0.15, 0.2) is 0 Å². The van der Waals surface area contributed by atoms with Gasteiger partial charge in [0.25, 0.3) is 0 Å². The normalized spacial score (nSPS) is 17.1. The highest BCUT2D eigenvalue weighted by Crippen LogP contribution is 2.28. The summed E-state index contributed by atoms with van der Waals surface area (Å²) in [4.78, 5) is 0. The smallest absolute Gasteiger partial charge is 0.121 e. The van der Waals surface area contributed by atoms with Gasteiger partial charge in [-0.05, 0) is 43.0 Å². The molecule has 2 rings (SSSR count). The third kappa shape index (κ3) is 3.05. The topological polar surface area (TPSA) is 35.8 Å². The average molecular weight is 265 g/mol. The molecule has 0 radical (unpaired) electrons. The van der Waals surface area contributed by atoms with E-state index < -0.39 is 0 Å². The Morgan fingerprint density at radius 1 is 1.40 bits per heavy atom. The first kappa shape index (κ1) is 10.7. The van der Waals surface area contributed by atoms with E-state index in [0.717, 1.165) is 22.5 Å². The molecule has 0 aliphatic heterocycles. The first-order valence-electron chi connectivity index (χ1n) is 5.18. The summed E-state index contributed by atoms with van der Waals surface area (Å²) in [5.41, 5.74) is 1.04. The van der Waals surface area contributed by atoms with E-state index in [1.54, 1.807) is 0 Å². The average Bonchev–Trinajstić information content (AvgIpc) is 3.05. The minimum absolute atomic E-state index is 0.168. The van der Waals surface area contributed by atoms with Gasteiger partial charge in [-0.1, -0.05) is 28.1 Å². The van der Waals surface area contributed by atoms with Crippen molar-refractivity contribution in [3.8, 4) is 6.07 Å². The highest BCUT2D eigenvalue weighted by molar-refractivity contribution is 9.10. The van der Waals surface area contributed by atoms with Crippen molar-refractivity contribution in [2.75, 3.05) is 6.54 Å². The summed E-state index contributed by atoms with van der Waals surface area (Å²) in [6, 6.07) is 10.0. The molecule has 1 fully saturated rings. The Balaban J connectivity index is 1.98. The molecule has 1 atom stereocenters. The summed E-state index contributed by atoms with van der Waals surface area (Å²) in [6.07, 6.45) is 2.62. The van der Waals surface area contributed by atoms with E-state index in [4.69, 9.17) is 5.26 Å². The van der Waals surface area contributed by atoms with E-state index in [0.29, 0.717) is 0 Å². The fraction of sp³-hybridized carbons (Fsp3) is 0.417. The maximum Gasteiger partial charge on any atom is 0.121 e. The summed E-state index contributed by atoms with van der Waals surface area (Å²) < 4.78 is 1.05. The van der Waals surface area contributed by atoms with Crippen LogP contribution >= 0.6 is 15.9 Å². The summed E-state index contributed by atoms with van der Waals surface area (Å²) in [5.74, 6) is 0.802. The zero-order valence-electron chi connectivity index (χ0n) is 8.41. The van der Waals surface area contributed by atoms with Gasteiger partial charge in [0.2, 0.25) is 0 Å². The van der Waals surface area contributed by atoms with E-state index >= 15 is 0 Å². The number of halogens is 1. The molecule has 0 aromatic heterocycles. The molecule has 1 aliphatic carbocycles.